The van der Waals surface area contributed by atoms with Gasteiger partial charge in [-0.3, -0.25) is 4.98 Å². The summed E-state index contributed by atoms with van der Waals surface area (Å²) in [5.74, 6) is 1.79. The predicted octanol–water partition coefficient (Wildman–Crippen LogP) is 3.10. The van der Waals surface area contributed by atoms with Crippen LogP contribution < -0.4 is 9.80 Å². The van der Waals surface area contributed by atoms with Crippen LogP contribution in [0.5, 0.6) is 0 Å². The van der Waals surface area contributed by atoms with Crippen LogP contribution in [-0.2, 0) is 6.42 Å². The first kappa shape index (κ1) is 17.2. The van der Waals surface area contributed by atoms with Crippen molar-refractivity contribution in [1.82, 2.24) is 15.0 Å². The van der Waals surface area contributed by atoms with E-state index in [0.717, 1.165) is 37.0 Å². The van der Waals surface area contributed by atoms with Crippen LogP contribution in [0.4, 0.5) is 11.8 Å². The van der Waals surface area contributed by atoms with Crippen LogP contribution in [0.15, 0.2) is 30.6 Å². The molecule has 0 bridgehead atoms. The van der Waals surface area contributed by atoms with E-state index in [-0.39, 0.29) is 0 Å². The highest BCUT2D eigenvalue weighted by Gasteiger charge is 2.10. The molecule has 23 heavy (non-hydrogen) atoms. The summed E-state index contributed by atoms with van der Waals surface area (Å²) in [6, 6.07) is 6.15. The molecular weight excluding hydrogens is 286 g/mol. The zero-order chi connectivity index (χ0) is 16.7. The molecule has 5 heteroatoms. The average molecular weight is 313 g/mol. The van der Waals surface area contributed by atoms with Gasteiger partial charge in [0.2, 0.25) is 5.95 Å². The quantitative estimate of drug-likeness (QED) is 0.749. The second-order valence-corrected chi connectivity index (χ2v) is 5.97. The molecule has 0 amide bonds. The fourth-order valence-electron chi connectivity index (χ4n) is 2.36. The van der Waals surface area contributed by atoms with Gasteiger partial charge in [0, 0.05) is 51.3 Å². The van der Waals surface area contributed by atoms with Crippen molar-refractivity contribution in [2.75, 3.05) is 37.0 Å². The number of aromatic nitrogens is 3. The molecule has 2 heterocycles. The van der Waals surface area contributed by atoms with Gasteiger partial charge >= 0.3 is 0 Å². The third kappa shape index (κ3) is 5.20. The Labute approximate surface area is 139 Å². The number of anilines is 2. The Morgan fingerprint density at radius 3 is 2.43 bits per heavy atom. The van der Waals surface area contributed by atoms with E-state index in [1.165, 1.54) is 18.4 Å². The highest BCUT2D eigenvalue weighted by atomic mass is 15.3. The lowest BCUT2D eigenvalue weighted by atomic mass is 10.2. The van der Waals surface area contributed by atoms with Gasteiger partial charge < -0.3 is 9.80 Å². The van der Waals surface area contributed by atoms with Crippen molar-refractivity contribution in [3.8, 4) is 0 Å². The normalized spacial score (nSPS) is 10.6. The molecule has 0 unspecified atom stereocenters. The minimum Gasteiger partial charge on any atom is -0.360 e. The molecule has 0 fully saturated rings. The number of rotatable bonds is 8. The largest absolute Gasteiger partial charge is 0.360 e. The molecule has 0 aliphatic rings. The molecule has 2 aromatic heterocycles. The maximum Gasteiger partial charge on any atom is 0.227 e. The van der Waals surface area contributed by atoms with Gasteiger partial charge in [0.25, 0.3) is 0 Å². The first-order chi connectivity index (χ1) is 11.1. The maximum atomic E-state index is 4.73. The number of likely N-dealkylation sites (N-methyl/N-ethyl adjacent to an activating group) is 1. The van der Waals surface area contributed by atoms with E-state index in [0.29, 0.717) is 0 Å². The van der Waals surface area contributed by atoms with E-state index >= 15 is 0 Å². The lowest BCUT2D eigenvalue weighted by molar-refractivity contribution is 0.753. The van der Waals surface area contributed by atoms with E-state index in [4.69, 9.17) is 4.98 Å². The molecule has 0 spiro atoms. The van der Waals surface area contributed by atoms with Crippen molar-refractivity contribution >= 4 is 11.8 Å². The number of aryl methyl sites for hydroxylation is 1. The van der Waals surface area contributed by atoms with E-state index in [1.54, 1.807) is 0 Å². The fourth-order valence-corrected chi connectivity index (χ4v) is 2.36. The highest BCUT2D eigenvalue weighted by Crippen LogP contribution is 2.16. The monoisotopic (exact) mass is 313 g/mol. The lowest BCUT2D eigenvalue weighted by Crippen LogP contribution is -2.25. The van der Waals surface area contributed by atoms with Gasteiger partial charge in [-0.1, -0.05) is 13.3 Å². The maximum absolute atomic E-state index is 4.73. The third-order valence-corrected chi connectivity index (χ3v) is 3.89. The van der Waals surface area contributed by atoms with Gasteiger partial charge in [-0.2, -0.15) is 4.98 Å². The molecule has 2 rings (SSSR count). The summed E-state index contributed by atoms with van der Waals surface area (Å²) in [4.78, 5) is 17.7. The molecule has 124 valence electrons. The molecule has 0 radical (unpaired) electrons. The Kier molecular flexibility index (Phi) is 6.32. The molecule has 0 N–H and O–H groups in total. The van der Waals surface area contributed by atoms with Crippen molar-refractivity contribution in [3.05, 3.63) is 41.9 Å². The molecule has 0 saturated heterocycles. The van der Waals surface area contributed by atoms with Gasteiger partial charge in [-0.15, -0.1) is 0 Å². The Morgan fingerprint density at radius 1 is 1.00 bits per heavy atom. The summed E-state index contributed by atoms with van der Waals surface area (Å²) >= 11 is 0. The van der Waals surface area contributed by atoms with Crippen LogP contribution in [0, 0.1) is 6.92 Å². The number of pyridine rings is 1. The minimum atomic E-state index is 0.789. The van der Waals surface area contributed by atoms with Crippen LogP contribution in [0.3, 0.4) is 0 Å². The van der Waals surface area contributed by atoms with Crippen molar-refractivity contribution in [1.29, 1.82) is 0 Å². The zero-order valence-electron chi connectivity index (χ0n) is 14.7. The van der Waals surface area contributed by atoms with Crippen molar-refractivity contribution in [2.24, 2.45) is 0 Å². The summed E-state index contributed by atoms with van der Waals surface area (Å²) in [6.07, 6.45) is 6.98. The summed E-state index contributed by atoms with van der Waals surface area (Å²) in [6.45, 7) is 6.13. The van der Waals surface area contributed by atoms with Crippen molar-refractivity contribution in [3.63, 3.8) is 0 Å². The molecule has 0 atom stereocenters. The smallest absolute Gasteiger partial charge is 0.227 e. The van der Waals surface area contributed by atoms with E-state index in [9.17, 15) is 0 Å². The molecule has 0 aromatic carbocycles. The van der Waals surface area contributed by atoms with Crippen LogP contribution in [0.1, 0.15) is 31.0 Å². The van der Waals surface area contributed by atoms with Crippen LogP contribution in [0.2, 0.25) is 0 Å². The molecule has 2 aromatic rings. The predicted molar refractivity (Wildman–Crippen MR) is 96.2 cm³/mol. The summed E-state index contributed by atoms with van der Waals surface area (Å²) in [5, 5.41) is 0. The zero-order valence-corrected chi connectivity index (χ0v) is 14.7. The first-order valence-corrected chi connectivity index (χ1v) is 8.27. The Balaban J connectivity index is 2.04. The second kappa shape index (κ2) is 8.46. The topological polar surface area (TPSA) is 45.2 Å². The van der Waals surface area contributed by atoms with Crippen molar-refractivity contribution < 1.29 is 0 Å². The van der Waals surface area contributed by atoms with Crippen LogP contribution in [0.25, 0.3) is 0 Å². The number of hydrogen-bond acceptors (Lipinski definition) is 5. The number of hydrogen-bond donors (Lipinski definition) is 0. The SMILES string of the molecule is CCCCN(C)c1cc(C)nc(N(C)CCc2ccncc2)n1. The highest BCUT2D eigenvalue weighted by molar-refractivity contribution is 5.45. The second-order valence-electron chi connectivity index (χ2n) is 5.97. The summed E-state index contributed by atoms with van der Waals surface area (Å²) < 4.78 is 0. The third-order valence-electron chi connectivity index (χ3n) is 3.89. The number of unbranched alkanes of at least 4 members (excludes halogenated alkanes) is 1. The molecular formula is C18H27N5. The van der Waals surface area contributed by atoms with E-state index in [1.807, 2.05) is 26.4 Å². The van der Waals surface area contributed by atoms with E-state index < -0.39 is 0 Å². The average Bonchev–Trinajstić information content (AvgIpc) is 2.57. The van der Waals surface area contributed by atoms with Crippen LogP contribution >= 0.6 is 0 Å². The summed E-state index contributed by atoms with van der Waals surface area (Å²) in [7, 11) is 4.14. The van der Waals surface area contributed by atoms with Gasteiger partial charge in [-0.25, -0.2) is 4.98 Å². The first-order valence-electron chi connectivity index (χ1n) is 8.27. The Morgan fingerprint density at radius 2 is 1.74 bits per heavy atom. The Bertz CT molecular complexity index is 600. The van der Waals surface area contributed by atoms with Crippen LogP contribution in [-0.4, -0.2) is 42.1 Å². The van der Waals surface area contributed by atoms with E-state index in [2.05, 4.69) is 51.9 Å². The van der Waals surface area contributed by atoms with Crippen molar-refractivity contribution in [2.45, 2.75) is 33.1 Å². The standard InChI is InChI=1S/C18H27N5/c1-5-6-12-22(3)17-14-15(2)20-18(21-17)23(4)13-9-16-7-10-19-11-8-16/h7-8,10-11,14H,5-6,9,12-13H2,1-4H3. The van der Waals surface area contributed by atoms with Gasteiger partial charge in [-0.05, 0) is 37.5 Å². The summed E-state index contributed by atoms with van der Waals surface area (Å²) in [5.41, 5.74) is 2.28. The Hall–Kier alpha value is -2.17. The molecule has 5 nitrogen and oxygen atoms in total. The fraction of sp³-hybridized carbons (Fsp3) is 0.500. The number of nitrogens with zero attached hydrogens (tertiary/aromatic N) is 5. The van der Waals surface area contributed by atoms with Gasteiger partial charge in [0.1, 0.15) is 5.82 Å². The molecule has 0 saturated carbocycles. The minimum absolute atomic E-state index is 0.789. The van der Waals surface area contributed by atoms with Gasteiger partial charge in [0.05, 0.1) is 0 Å². The van der Waals surface area contributed by atoms with Gasteiger partial charge in [0.15, 0.2) is 0 Å². The molecule has 0 aliphatic heterocycles. The lowest BCUT2D eigenvalue weighted by Gasteiger charge is -2.22. The molecule has 0 aliphatic carbocycles.